The summed E-state index contributed by atoms with van der Waals surface area (Å²) in [5, 5.41) is 2.09. The van der Waals surface area contributed by atoms with Gasteiger partial charge in [-0.3, -0.25) is 4.90 Å². The summed E-state index contributed by atoms with van der Waals surface area (Å²) in [4.78, 5) is 2.36. The van der Waals surface area contributed by atoms with Crippen LogP contribution in [-0.4, -0.2) is 50.5 Å². The lowest BCUT2D eigenvalue weighted by atomic mass is 10.1. The molecule has 5 heteroatoms. The van der Waals surface area contributed by atoms with Gasteiger partial charge in [0.1, 0.15) is 30.8 Å². The third-order valence-electron chi connectivity index (χ3n) is 4.98. The van der Waals surface area contributed by atoms with Gasteiger partial charge in [-0.2, -0.15) is 0 Å². The molecule has 0 saturated carbocycles. The maximum Gasteiger partial charge on any atom is 0.127 e. The second kappa shape index (κ2) is 8.95. The van der Waals surface area contributed by atoms with Gasteiger partial charge in [0.2, 0.25) is 0 Å². The zero-order valence-electron chi connectivity index (χ0n) is 15.9. The number of para-hydroxylation sites is 1. The van der Waals surface area contributed by atoms with Crippen LogP contribution in [0.5, 0.6) is 11.5 Å². The quantitative estimate of drug-likeness (QED) is 0.637. The first kappa shape index (κ1) is 18.6. The molecule has 1 atom stereocenters. The van der Waals surface area contributed by atoms with Crippen molar-refractivity contribution in [3.8, 4) is 11.5 Å². The molecule has 1 fully saturated rings. The van der Waals surface area contributed by atoms with Crippen LogP contribution in [-0.2, 0) is 4.74 Å². The number of nitrogens with zero attached hydrogens (tertiary/aromatic N) is 1. The lowest BCUT2D eigenvalue weighted by Crippen LogP contribution is -2.46. The number of ether oxygens (including phenoxy) is 3. The number of hydrogen-bond acceptors (Lipinski definition) is 5. The number of benzene rings is 3. The Morgan fingerprint density at radius 3 is 2.57 bits per heavy atom. The van der Waals surface area contributed by atoms with E-state index in [1.165, 1.54) is 0 Å². The van der Waals surface area contributed by atoms with Gasteiger partial charge in [-0.25, -0.2) is 0 Å². The van der Waals surface area contributed by atoms with E-state index in [-0.39, 0.29) is 6.10 Å². The van der Waals surface area contributed by atoms with Crippen molar-refractivity contribution in [1.29, 1.82) is 0 Å². The summed E-state index contributed by atoms with van der Waals surface area (Å²) < 4.78 is 17.7. The summed E-state index contributed by atoms with van der Waals surface area (Å²) >= 11 is 0. The molecule has 5 nitrogen and oxygen atoms in total. The van der Waals surface area contributed by atoms with Crippen LogP contribution in [0.2, 0.25) is 0 Å². The van der Waals surface area contributed by atoms with E-state index in [2.05, 4.69) is 4.90 Å². The zero-order valence-corrected chi connectivity index (χ0v) is 15.9. The molecular weight excluding hydrogens is 352 g/mol. The Bertz CT molecular complexity index is 901. The van der Waals surface area contributed by atoms with Crippen molar-refractivity contribution in [2.45, 2.75) is 6.10 Å². The minimum Gasteiger partial charge on any atom is -0.492 e. The molecule has 0 spiro atoms. The Balaban J connectivity index is 1.28. The molecule has 4 rings (SSSR count). The van der Waals surface area contributed by atoms with Gasteiger partial charge in [0.05, 0.1) is 6.61 Å². The number of nitrogens with two attached hydrogens (primary N) is 1. The van der Waals surface area contributed by atoms with Gasteiger partial charge in [-0.05, 0) is 24.3 Å². The van der Waals surface area contributed by atoms with Crippen molar-refractivity contribution in [2.24, 2.45) is 0 Å². The van der Waals surface area contributed by atoms with Gasteiger partial charge in [-0.1, -0.05) is 42.5 Å². The van der Waals surface area contributed by atoms with E-state index in [0.29, 0.717) is 19.8 Å². The van der Waals surface area contributed by atoms with E-state index in [9.17, 15) is 0 Å². The van der Waals surface area contributed by atoms with E-state index in [1.807, 2.05) is 66.7 Å². The topological polar surface area (TPSA) is 57.0 Å². The monoisotopic (exact) mass is 378 g/mol. The molecule has 1 aliphatic heterocycles. The highest BCUT2D eigenvalue weighted by Gasteiger charge is 2.21. The van der Waals surface area contributed by atoms with Gasteiger partial charge in [-0.15, -0.1) is 0 Å². The SMILES string of the molecule is Nc1ccc(OCCN2CCOC(COc3ccccc3)C2)c2ccccc12. The number of rotatable bonds is 7. The van der Waals surface area contributed by atoms with Crippen molar-refractivity contribution in [2.75, 3.05) is 45.2 Å². The Labute approximate surface area is 165 Å². The Morgan fingerprint density at radius 2 is 1.71 bits per heavy atom. The average Bonchev–Trinajstić information content (AvgIpc) is 2.75. The normalized spacial score (nSPS) is 17.5. The largest absolute Gasteiger partial charge is 0.492 e. The van der Waals surface area contributed by atoms with E-state index in [4.69, 9.17) is 19.9 Å². The van der Waals surface area contributed by atoms with E-state index < -0.39 is 0 Å². The summed E-state index contributed by atoms with van der Waals surface area (Å²) in [6, 6.07) is 21.8. The van der Waals surface area contributed by atoms with Crippen molar-refractivity contribution in [3.05, 3.63) is 66.7 Å². The van der Waals surface area contributed by atoms with Crippen LogP contribution in [0.1, 0.15) is 0 Å². The summed E-state index contributed by atoms with van der Waals surface area (Å²) in [6.07, 6.45) is 0.0753. The molecule has 0 bridgehead atoms. The van der Waals surface area contributed by atoms with Gasteiger partial charge in [0.25, 0.3) is 0 Å². The van der Waals surface area contributed by atoms with Gasteiger partial charge in [0, 0.05) is 36.1 Å². The van der Waals surface area contributed by atoms with Crippen molar-refractivity contribution in [3.63, 3.8) is 0 Å². The van der Waals surface area contributed by atoms with Crippen molar-refractivity contribution < 1.29 is 14.2 Å². The minimum atomic E-state index is 0.0753. The minimum absolute atomic E-state index is 0.0753. The Morgan fingerprint density at radius 1 is 0.929 bits per heavy atom. The molecule has 0 aliphatic carbocycles. The first-order chi connectivity index (χ1) is 13.8. The maximum atomic E-state index is 6.07. The summed E-state index contributed by atoms with van der Waals surface area (Å²) in [5.74, 6) is 1.75. The highest BCUT2D eigenvalue weighted by molar-refractivity contribution is 5.96. The fourth-order valence-corrected chi connectivity index (χ4v) is 3.50. The first-order valence-corrected chi connectivity index (χ1v) is 9.71. The molecule has 0 radical (unpaired) electrons. The average molecular weight is 378 g/mol. The molecule has 3 aromatic rings. The van der Waals surface area contributed by atoms with Gasteiger partial charge in [0.15, 0.2) is 0 Å². The van der Waals surface area contributed by atoms with Gasteiger partial charge < -0.3 is 19.9 Å². The molecule has 1 heterocycles. The molecule has 1 unspecified atom stereocenters. The summed E-state index contributed by atoms with van der Waals surface area (Å²) in [6.45, 7) is 4.51. The lowest BCUT2D eigenvalue weighted by molar-refractivity contribution is -0.0501. The fourth-order valence-electron chi connectivity index (χ4n) is 3.50. The summed E-state index contributed by atoms with van der Waals surface area (Å²) in [5.41, 5.74) is 6.84. The number of fused-ring (bicyclic) bond motifs is 1. The molecular formula is C23H26N2O3. The standard InChI is InChI=1S/C23H26N2O3/c24-22-10-11-23(21-9-5-4-8-20(21)22)27-15-13-25-12-14-26-19(16-25)17-28-18-6-2-1-3-7-18/h1-11,19H,12-17,24H2. The van der Waals surface area contributed by atoms with Crippen LogP contribution in [0, 0.1) is 0 Å². The van der Waals surface area contributed by atoms with E-state index >= 15 is 0 Å². The number of anilines is 1. The number of nitrogen functional groups attached to an aromatic ring is 1. The second-order valence-electron chi connectivity index (χ2n) is 6.96. The van der Waals surface area contributed by atoms with Crippen LogP contribution in [0.3, 0.4) is 0 Å². The molecule has 28 heavy (non-hydrogen) atoms. The zero-order chi connectivity index (χ0) is 19.2. The first-order valence-electron chi connectivity index (χ1n) is 9.71. The maximum absolute atomic E-state index is 6.07. The van der Waals surface area contributed by atoms with Crippen molar-refractivity contribution in [1.82, 2.24) is 4.90 Å². The Kier molecular flexibility index (Phi) is 5.95. The van der Waals surface area contributed by atoms with Crippen LogP contribution in [0.4, 0.5) is 5.69 Å². The highest BCUT2D eigenvalue weighted by atomic mass is 16.5. The van der Waals surface area contributed by atoms with Gasteiger partial charge >= 0.3 is 0 Å². The van der Waals surface area contributed by atoms with Crippen molar-refractivity contribution >= 4 is 16.5 Å². The highest BCUT2D eigenvalue weighted by Crippen LogP contribution is 2.29. The van der Waals surface area contributed by atoms with E-state index in [0.717, 1.165) is 47.6 Å². The number of morpholine rings is 1. The predicted molar refractivity (Wildman–Crippen MR) is 112 cm³/mol. The fraction of sp³-hybridized carbons (Fsp3) is 0.304. The molecule has 3 aromatic carbocycles. The molecule has 146 valence electrons. The smallest absolute Gasteiger partial charge is 0.127 e. The molecule has 1 saturated heterocycles. The van der Waals surface area contributed by atoms with Crippen LogP contribution in [0.15, 0.2) is 66.7 Å². The predicted octanol–water partition coefficient (Wildman–Crippen LogP) is 3.58. The molecule has 0 amide bonds. The summed E-state index contributed by atoms with van der Waals surface area (Å²) in [7, 11) is 0. The van der Waals surface area contributed by atoms with Crippen LogP contribution in [0.25, 0.3) is 10.8 Å². The molecule has 0 aromatic heterocycles. The molecule has 1 aliphatic rings. The van der Waals surface area contributed by atoms with Crippen LogP contribution < -0.4 is 15.2 Å². The number of hydrogen-bond donors (Lipinski definition) is 1. The van der Waals surface area contributed by atoms with Crippen LogP contribution >= 0.6 is 0 Å². The lowest BCUT2D eigenvalue weighted by Gasteiger charge is -2.32. The second-order valence-corrected chi connectivity index (χ2v) is 6.96. The third kappa shape index (κ3) is 4.55. The van der Waals surface area contributed by atoms with E-state index in [1.54, 1.807) is 0 Å². The Hall–Kier alpha value is -2.76. The molecule has 2 N–H and O–H groups in total. The third-order valence-corrected chi connectivity index (χ3v) is 4.98.